The second-order valence-corrected chi connectivity index (χ2v) is 5.90. The minimum atomic E-state index is -0.105. The van der Waals surface area contributed by atoms with E-state index < -0.39 is 0 Å². The summed E-state index contributed by atoms with van der Waals surface area (Å²) >= 11 is 1.57. The maximum Gasteiger partial charge on any atom is 0.233 e. The second kappa shape index (κ2) is 7.69. The van der Waals surface area contributed by atoms with Crippen LogP contribution >= 0.6 is 11.8 Å². The quantitative estimate of drug-likeness (QED) is 0.800. The number of carbonyl (C=O) groups is 1. The third kappa shape index (κ3) is 4.49. The Balaban J connectivity index is 1.88. The molecule has 0 fully saturated rings. The number of nitrogens with zero attached hydrogens (tertiary/aromatic N) is 2. The molecule has 5 heteroatoms. The van der Waals surface area contributed by atoms with Crippen LogP contribution < -0.4 is 5.32 Å². The molecule has 1 N–H and O–H groups in total. The number of nitrogens with one attached hydrogen (secondary N) is 1. The van der Waals surface area contributed by atoms with E-state index in [-0.39, 0.29) is 11.2 Å². The monoisotopic (exact) mass is 301 g/mol. The van der Waals surface area contributed by atoms with Crippen molar-refractivity contribution in [3.05, 3.63) is 60.9 Å². The highest BCUT2D eigenvalue weighted by molar-refractivity contribution is 7.99. The van der Waals surface area contributed by atoms with Gasteiger partial charge in [0.2, 0.25) is 5.91 Å². The molecule has 2 rings (SSSR count). The predicted molar refractivity (Wildman–Crippen MR) is 87.5 cm³/mol. The van der Waals surface area contributed by atoms with Gasteiger partial charge in [-0.2, -0.15) is 5.10 Å². The number of benzene rings is 1. The molecular weight excluding hydrogens is 282 g/mol. The summed E-state index contributed by atoms with van der Waals surface area (Å²) in [6.45, 7) is 5.99. The number of carbonyl (C=O) groups excluding carboxylic acids is 1. The number of hydrogen-bond donors (Lipinski definition) is 1. The molecule has 0 aliphatic carbocycles. The fourth-order valence-electron chi connectivity index (χ4n) is 1.77. The van der Waals surface area contributed by atoms with E-state index in [1.165, 1.54) is 0 Å². The maximum atomic E-state index is 11.7. The summed E-state index contributed by atoms with van der Waals surface area (Å²) in [7, 11) is 0. The van der Waals surface area contributed by atoms with Crippen LogP contribution in [0.4, 0.5) is 0 Å². The molecule has 1 aromatic carbocycles. The number of rotatable bonds is 7. The minimum Gasteiger partial charge on any atom is -0.352 e. The van der Waals surface area contributed by atoms with Crippen molar-refractivity contribution in [1.29, 1.82) is 0 Å². The third-order valence-electron chi connectivity index (χ3n) is 2.94. The van der Waals surface area contributed by atoms with E-state index in [0.717, 1.165) is 11.4 Å². The van der Waals surface area contributed by atoms with Crippen molar-refractivity contribution in [3.8, 4) is 5.69 Å². The van der Waals surface area contributed by atoms with Gasteiger partial charge in [-0.15, -0.1) is 18.3 Å². The largest absolute Gasteiger partial charge is 0.352 e. The molecule has 0 radical (unpaired) electrons. The fourth-order valence-corrected chi connectivity index (χ4v) is 2.58. The van der Waals surface area contributed by atoms with Crippen LogP contribution in [0.5, 0.6) is 0 Å². The number of hydrogen-bond acceptors (Lipinski definition) is 3. The zero-order chi connectivity index (χ0) is 15.1. The van der Waals surface area contributed by atoms with Gasteiger partial charge in [0, 0.05) is 18.5 Å². The van der Waals surface area contributed by atoms with Crippen LogP contribution in [0.3, 0.4) is 0 Å². The average Bonchev–Trinajstić information content (AvgIpc) is 3.00. The molecule has 0 aliphatic heterocycles. The standard InChI is InChI=1S/C16H19N3OS/c1-3-10-17-16(20)13(2)21-12-14-9-11-19(18-14)15-7-5-4-6-8-15/h3-9,11,13H,1,10,12H2,2H3,(H,17,20)/t13-/m1/s1. The first kappa shape index (κ1) is 15.4. The lowest BCUT2D eigenvalue weighted by atomic mass is 10.3. The first-order valence-electron chi connectivity index (χ1n) is 6.81. The lowest BCUT2D eigenvalue weighted by molar-refractivity contribution is -0.120. The van der Waals surface area contributed by atoms with Gasteiger partial charge in [0.25, 0.3) is 0 Å². The molecule has 0 saturated carbocycles. The number of thioether (sulfide) groups is 1. The van der Waals surface area contributed by atoms with Gasteiger partial charge in [0.1, 0.15) is 0 Å². The van der Waals surface area contributed by atoms with E-state index in [0.29, 0.717) is 12.3 Å². The van der Waals surface area contributed by atoms with Crippen LogP contribution in [0.2, 0.25) is 0 Å². The molecule has 1 amide bonds. The van der Waals surface area contributed by atoms with Gasteiger partial charge in [-0.25, -0.2) is 4.68 Å². The summed E-state index contributed by atoms with van der Waals surface area (Å²) in [6.07, 6.45) is 3.62. The molecule has 110 valence electrons. The van der Waals surface area contributed by atoms with Crippen molar-refractivity contribution in [1.82, 2.24) is 15.1 Å². The third-order valence-corrected chi connectivity index (χ3v) is 4.11. The lowest BCUT2D eigenvalue weighted by Crippen LogP contribution is -2.30. The number of aromatic nitrogens is 2. The molecule has 0 aliphatic rings. The van der Waals surface area contributed by atoms with E-state index in [1.807, 2.05) is 54.2 Å². The van der Waals surface area contributed by atoms with Gasteiger partial charge in [-0.1, -0.05) is 24.3 Å². The van der Waals surface area contributed by atoms with Crippen LogP contribution in [0, 0.1) is 0 Å². The van der Waals surface area contributed by atoms with Crippen LogP contribution in [-0.4, -0.2) is 27.5 Å². The first-order valence-corrected chi connectivity index (χ1v) is 7.85. The van der Waals surface area contributed by atoms with Gasteiger partial charge in [-0.05, 0) is 25.1 Å². The summed E-state index contributed by atoms with van der Waals surface area (Å²) in [5.74, 6) is 0.741. The highest BCUT2D eigenvalue weighted by Gasteiger charge is 2.13. The van der Waals surface area contributed by atoms with Crippen molar-refractivity contribution in [2.45, 2.75) is 17.9 Å². The Morgan fingerprint density at radius 3 is 2.90 bits per heavy atom. The Hall–Kier alpha value is -2.01. The molecule has 1 aromatic heterocycles. The fraction of sp³-hybridized carbons (Fsp3) is 0.250. The Labute approximate surface area is 129 Å². The van der Waals surface area contributed by atoms with Gasteiger partial charge < -0.3 is 5.32 Å². The highest BCUT2D eigenvalue weighted by Crippen LogP contribution is 2.17. The normalized spacial score (nSPS) is 11.9. The van der Waals surface area contributed by atoms with Crippen molar-refractivity contribution in [2.75, 3.05) is 6.54 Å². The average molecular weight is 301 g/mol. The van der Waals surface area contributed by atoms with Crippen LogP contribution in [0.1, 0.15) is 12.6 Å². The van der Waals surface area contributed by atoms with Crippen LogP contribution in [0.25, 0.3) is 5.69 Å². The first-order chi connectivity index (χ1) is 10.2. The van der Waals surface area contributed by atoms with Crippen LogP contribution in [0.15, 0.2) is 55.3 Å². The zero-order valence-electron chi connectivity index (χ0n) is 12.0. The summed E-state index contributed by atoms with van der Waals surface area (Å²) in [4.78, 5) is 11.7. The molecule has 2 aromatic rings. The Bertz CT molecular complexity index is 595. The predicted octanol–water partition coefficient (Wildman–Crippen LogP) is 2.80. The Kier molecular flexibility index (Phi) is 5.63. The SMILES string of the molecule is C=CCNC(=O)[C@@H](C)SCc1ccn(-c2ccccc2)n1. The smallest absolute Gasteiger partial charge is 0.233 e. The van der Waals surface area contributed by atoms with Crippen molar-refractivity contribution >= 4 is 17.7 Å². The topological polar surface area (TPSA) is 46.9 Å². The summed E-state index contributed by atoms with van der Waals surface area (Å²) < 4.78 is 1.85. The Morgan fingerprint density at radius 1 is 1.43 bits per heavy atom. The van der Waals surface area contributed by atoms with E-state index in [9.17, 15) is 4.79 Å². The molecule has 0 saturated heterocycles. The van der Waals surface area contributed by atoms with Gasteiger partial charge in [0.05, 0.1) is 16.6 Å². The van der Waals surface area contributed by atoms with E-state index in [1.54, 1.807) is 17.8 Å². The minimum absolute atomic E-state index is 0.0300. The van der Waals surface area contributed by atoms with E-state index >= 15 is 0 Å². The molecule has 21 heavy (non-hydrogen) atoms. The number of para-hydroxylation sites is 1. The molecule has 0 unspecified atom stereocenters. The molecule has 1 heterocycles. The lowest BCUT2D eigenvalue weighted by Gasteiger charge is -2.09. The van der Waals surface area contributed by atoms with Gasteiger partial charge >= 0.3 is 0 Å². The molecule has 0 spiro atoms. The van der Waals surface area contributed by atoms with Gasteiger partial charge in [-0.3, -0.25) is 4.79 Å². The van der Waals surface area contributed by atoms with E-state index in [2.05, 4.69) is 17.0 Å². The molecule has 0 bridgehead atoms. The molecule has 1 atom stereocenters. The summed E-state index contributed by atoms with van der Waals surface area (Å²) in [6, 6.07) is 11.9. The van der Waals surface area contributed by atoms with Crippen LogP contribution in [-0.2, 0) is 10.5 Å². The summed E-state index contributed by atoms with van der Waals surface area (Å²) in [5.41, 5.74) is 2.00. The van der Waals surface area contributed by atoms with Crippen molar-refractivity contribution in [3.63, 3.8) is 0 Å². The summed E-state index contributed by atoms with van der Waals surface area (Å²) in [5, 5.41) is 7.21. The van der Waals surface area contributed by atoms with E-state index in [4.69, 9.17) is 0 Å². The number of amides is 1. The zero-order valence-corrected chi connectivity index (χ0v) is 12.8. The highest BCUT2D eigenvalue weighted by atomic mass is 32.2. The molecule has 4 nitrogen and oxygen atoms in total. The van der Waals surface area contributed by atoms with Crippen molar-refractivity contribution in [2.24, 2.45) is 0 Å². The van der Waals surface area contributed by atoms with Crippen molar-refractivity contribution < 1.29 is 4.79 Å². The Morgan fingerprint density at radius 2 is 2.19 bits per heavy atom. The van der Waals surface area contributed by atoms with Gasteiger partial charge in [0.15, 0.2) is 0 Å². The molecular formula is C16H19N3OS. The maximum absolute atomic E-state index is 11.7. The second-order valence-electron chi connectivity index (χ2n) is 4.57.